The summed E-state index contributed by atoms with van der Waals surface area (Å²) in [6, 6.07) is 11.5. The molecule has 3 aromatic rings. The van der Waals surface area contributed by atoms with E-state index < -0.39 is 0 Å². The van der Waals surface area contributed by atoms with Gasteiger partial charge in [0.1, 0.15) is 11.3 Å². The lowest BCUT2D eigenvalue weighted by atomic mass is 9.99. The van der Waals surface area contributed by atoms with Gasteiger partial charge in [0.25, 0.3) is 5.91 Å². The Bertz CT molecular complexity index is 976. The molecule has 0 atom stereocenters. The number of aryl methyl sites for hydroxylation is 1. The van der Waals surface area contributed by atoms with Gasteiger partial charge in [0, 0.05) is 35.1 Å². The van der Waals surface area contributed by atoms with Crippen LogP contribution in [0.25, 0.3) is 11.0 Å². The molecule has 0 fully saturated rings. The molecule has 0 aliphatic carbocycles. The SMILES string of the molecule is COc1ccc2c(C)c(C(=O)N3CCc4c(Cl)cccc4C3)oc2c1. The van der Waals surface area contributed by atoms with Crippen LogP contribution in [-0.2, 0) is 13.0 Å². The third-order valence-corrected chi connectivity index (χ3v) is 5.19. The van der Waals surface area contributed by atoms with E-state index in [0.29, 0.717) is 30.2 Å². The van der Waals surface area contributed by atoms with Gasteiger partial charge in [-0.2, -0.15) is 0 Å². The Hall–Kier alpha value is -2.46. The maximum atomic E-state index is 13.0. The van der Waals surface area contributed by atoms with Crippen molar-refractivity contribution in [3.8, 4) is 5.75 Å². The number of amides is 1. The van der Waals surface area contributed by atoms with E-state index >= 15 is 0 Å². The topological polar surface area (TPSA) is 42.7 Å². The smallest absolute Gasteiger partial charge is 0.290 e. The number of ether oxygens (including phenoxy) is 1. The molecule has 0 saturated heterocycles. The summed E-state index contributed by atoms with van der Waals surface area (Å²) in [6.45, 7) is 3.10. The molecule has 4 rings (SSSR count). The molecule has 2 aromatic carbocycles. The summed E-state index contributed by atoms with van der Waals surface area (Å²) < 4.78 is 11.1. The average molecular weight is 356 g/mol. The quantitative estimate of drug-likeness (QED) is 0.674. The van der Waals surface area contributed by atoms with Crippen LogP contribution in [0.3, 0.4) is 0 Å². The number of carbonyl (C=O) groups excluding carboxylic acids is 1. The second-order valence-corrected chi connectivity index (χ2v) is 6.68. The molecule has 2 heterocycles. The molecule has 25 heavy (non-hydrogen) atoms. The van der Waals surface area contributed by atoms with Crippen LogP contribution in [0.5, 0.6) is 5.75 Å². The maximum absolute atomic E-state index is 13.0. The zero-order valence-electron chi connectivity index (χ0n) is 14.1. The monoisotopic (exact) mass is 355 g/mol. The summed E-state index contributed by atoms with van der Waals surface area (Å²) >= 11 is 6.26. The number of benzene rings is 2. The lowest BCUT2D eigenvalue weighted by Crippen LogP contribution is -2.36. The second-order valence-electron chi connectivity index (χ2n) is 6.27. The Morgan fingerprint density at radius 2 is 2.12 bits per heavy atom. The molecule has 128 valence electrons. The predicted octanol–water partition coefficient (Wildman–Crippen LogP) is 4.60. The molecule has 0 bridgehead atoms. The van der Waals surface area contributed by atoms with E-state index in [2.05, 4.69) is 0 Å². The van der Waals surface area contributed by atoms with E-state index in [4.69, 9.17) is 20.8 Å². The van der Waals surface area contributed by atoms with E-state index in [9.17, 15) is 4.79 Å². The van der Waals surface area contributed by atoms with Gasteiger partial charge in [-0.1, -0.05) is 23.7 Å². The van der Waals surface area contributed by atoms with Crippen LogP contribution < -0.4 is 4.74 Å². The first-order valence-electron chi connectivity index (χ1n) is 8.21. The van der Waals surface area contributed by atoms with E-state index in [-0.39, 0.29) is 5.91 Å². The fourth-order valence-corrected chi connectivity index (χ4v) is 3.71. The van der Waals surface area contributed by atoms with Gasteiger partial charge < -0.3 is 14.1 Å². The molecular weight excluding hydrogens is 338 g/mol. The van der Waals surface area contributed by atoms with Crippen LogP contribution in [0.15, 0.2) is 40.8 Å². The Labute approximate surface area is 150 Å². The van der Waals surface area contributed by atoms with Crippen molar-refractivity contribution < 1.29 is 13.9 Å². The minimum absolute atomic E-state index is 0.0849. The van der Waals surface area contributed by atoms with E-state index in [1.165, 1.54) is 0 Å². The van der Waals surface area contributed by atoms with Gasteiger partial charge >= 0.3 is 0 Å². The summed E-state index contributed by atoms with van der Waals surface area (Å²) in [5, 5.41) is 1.71. The molecule has 0 radical (unpaired) electrons. The van der Waals surface area contributed by atoms with Crippen LogP contribution in [-0.4, -0.2) is 24.5 Å². The van der Waals surface area contributed by atoms with Gasteiger partial charge in [-0.05, 0) is 42.7 Å². The second kappa shape index (κ2) is 6.12. The molecule has 0 saturated carbocycles. The van der Waals surface area contributed by atoms with Crippen molar-refractivity contribution >= 4 is 28.5 Å². The molecule has 0 spiro atoms. The van der Waals surface area contributed by atoms with Crippen molar-refractivity contribution in [2.24, 2.45) is 0 Å². The molecule has 0 N–H and O–H groups in total. The number of halogens is 1. The van der Waals surface area contributed by atoms with Gasteiger partial charge in [0.15, 0.2) is 5.76 Å². The standard InChI is InChI=1S/C20H18ClNO3/c1-12-15-7-6-14(24-2)10-18(15)25-19(12)20(23)22-9-8-16-13(11-22)4-3-5-17(16)21/h3-7,10H,8-9,11H2,1-2H3. The molecule has 5 heteroatoms. The highest BCUT2D eigenvalue weighted by Gasteiger charge is 2.27. The third kappa shape index (κ3) is 2.67. The van der Waals surface area contributed by atoms with Crippen molar-refractivity contribution in [1.29, 1.82) is 0 Å². The minimum Gasteiger partial charge on any atom is -0.497 e. The number of nitrogens with zero attached hydrogens (tertiary/aromatic N) is 1. The first kappa shape index (κ1) is 16.0. The highest BCUT2D eigenvalue weighted by molar-refractivity contribution is 6.31. The minimum atomic E-state index is -0.0849. The normalized spacial score (nSPS) is 13.8. The molecular formula is C20H18ClNO3. The molecule has 0 unspecified atom stereocenters. The fourth-order valence-electron chi connectivity index (χ4n) is 3.42. The Morgan fingerprint density at radius 3 is 2.92 bits per heavy atom. The maximum Gasteiger partial charge on any atom is 0.290 e. The summed E-state index contributed by atoms with van der Waals surface area (Å²) in [6.07, 6.45) is 0.758. The van der Waals surface area contributed by atoms with Crippen LogP contribution in [0.1, 0.15) is 27.2 Å². The molecule has 1 aliphatic rings. The van der Waals surface area contributed by atoms with Gasteiger partial charge in [-0.25, -0.2) is 0 Å². The van der Waals surface area contributed by atoms with Crippen molar-refractivity contribution in [2.45, 2.75) is 19.9 Å². The fraction of sp³-hybridized carbons (Fsp3) is 0.250. The summed E-state index contributed by atoms with van der Waals surface area (Å²) in [5.74, 6) is 1.02. The van der Waals surface area contributed by atoms with Crippen LogP contribution in [0, 0.1) is 6.92 Å². The summed E-state index contributed by atoms with van der Waals surface area (Å²) in [5.41, 5.74) is 3.77. The van der Waals surface area contributed by atoms with Crippen molar-refractivity contribution in [3.05, 3.63) is 63.9 Å². The Balaban J connectivity index is 1.67. The Kier molecular flexibility index (Phi) is 3.92. The van der Waals surface area contributed by atoms with Crippen molar-refractivity contribution in [2.75, 3.05) is 13.7 Å². The molecule has 1 aliphatic heterocycles. The number of hydrogen-bond acceptors (Lipinski definition) is 3. The van der Waals surface area contributed by atoms with Crippen molar-refractivity contribution in [3.63, 3.8) is 0 Å². The van der Waals surface area contributed by atoms with Gasteiger partial charge in [0.2, 0.25) is 0 Å². The van der Waals surface area contributed by atoms with Crippen LogP contribution in [0.2, 0.25) is 5.02 Å². The van der Waals surface area contributed by atoms with Crippen molar-refractivity contribution in [1.82, 2.24) is 4.90 Å². The number of furan rings is 1. The zero-order chi connectivity index (χ0) is 17.6. The third-order valence-electron chi connectivity index (χ3n) is 4.84. The molecule has 1 amide bonds. The lowest BCUT2D eigenvalue weighted by molar-refractivity contribution is 0.0704. The number of carbonyl (C=O) groups is 1. The molecule has 4 nitrogen and oxygen atoms in total. The first-order valence-corrected chi connectivity index (χ1v) is 8.59. The number of rotatable bonds is 2. The van der Waals surface area contributed by atoms with E-state index in [1.54, 1.807) is 7.11 Å². The number of methoxy groups -OCH3 is 1. The van der Waals surface area contributed by atoms with Gasteiger partial charge in [-0.15, -0.1) is 0 Å². The number of fused-ring (bicyclic) bond motifs is 2. The van der Waals surface area contributed by atoms with Gasteiger partial charge in [-0.3, -0.25) is 4.79 Å². The summed E-state index contributed by atoms with van der Waals surface area (Å²) in [7, 11) is 1.61. The zero-order valence-corrected chi connectivity index (χ0v) is 14.9. The van der Waals surface area contributed by atoms with Crippen LogP contribution >= 0.6 is 11.6 Å². The number of hydrogen-bond donors (Lipinski definition) is 0. The largest absolute Gasteiger partial charge is 0.497 e. The summed E-state index contributed by atoms with van der Waals surface area (Å²) in [4.78, 5) is 14.8. The predicted molar refractivity (Wildman–Crippen MR) is 97.4 cm³/mol. The van der Waals surface area contributed by atoms with Crippen LogP contribution in [0.4, 0.5) is 0 Å². The molecule has 1 aromatic heterocycles. The Morgan fingerprint density at radius 1 is 1.28 bits per heavy atom. The highest BCUT2D eigenvalue weighted by Crippen LogP contribution is 2.31. The van der Waals surface area contributed by atoms with Gasteiger partial charge in [0.05, 0.1) is 7.11 Å². The van der Waals surface area contributed by atoms with E-state index in [1.807, 2.05) is 48.2 Å². The average Bonchev–Trinajstić information content (AvgIpc) is 2.97. The van der Waals surface area contributed by atoms with E-state index in [0.717, 1.165) is 33.5 Å². The first-order chi connectivity index (χ1) is 12.1. The highest BCUT2D eigenvalue weighted by atomic mass is 35.5. The lowest BCUT2D eigenvalue weighted by Gasteiger charge is -2.28.